The van der Waals surface area contributed by atoms with Crippen molar-refractivity contribution in [1.29, 1.82) is 0 Å². The Morgan fingerprint density at radius 3 is 1.02 bits per heavy atom. The van der Waals surface area contributed by atoms with E-state index < -0.39 is 15.2 Å². The predicted molar refractivity (Wildman–Crippen MR) is 211 cm³/mol. The Labute approximate surface area is 310 Å². The molecular formula is C40H56O10P2. The summed E-state index contributed by atoms with van der Waals surface area (Å²) in [4.78, 5) is 0. The molecule has 0 unspecified atom stereocenters. The molecule has 0 saturated carbocycles. The van der Waals surface area contributed by atoms with Gasteiger partial charge in [0, 0.05) is 22.3 Å². The van der Waals surface area contributed by atoms with Crippen LogP contribution in [0.25, 0.3) is 24.3 Å². The molecule has 286 valence electrons. The van der Waals surface area contributed by atoms with Crippen LogP contribution >= 0.6 is 15.2 Å². The molecule has 0 aliphatic heterocycles. The molecule has 0 saturated heterocycles. The number of benzene rings is 3. The summed E-state index contributed by atoms with van der Waals surface area (Å²) in [6.07, 6.45) is 8.14. The third kappa shape index (κ3) is 12.9. The normalized spacial score (nSPS) is 12.2. The minimum Gasteiger partial charge on any atom is -0.494 e. The Hall–Kier alpha value is -3.36. The first-order valence-electron chi connectivity index (χ1n) is 18.2. The van der Waals surface area contributed by atoms with Gasteiger partial charge in [-0.2, -0.15) is 0 Å². The minimum absolute atomic E-state index is 0.0795. The van der Waals surface area contributed by atoms with Crippen molar-refractivity contribution in [3.8, 4) is 23.0 Å². The zero-order chi connectivity index (χ0) is 38.0. The molecule has 0 radical (unpaired) electrons. The number of hydrogen-bond donors (Lipinski definition) is 0. The van der Waals surface area contributed by atoms with E-state index in [2.05, 4.69) is 0 Å². The zero-order valence-electron chi connectivity index (χ0n) is 32.0. The summed E-state index contributed by atoms with van der Waals surface area (Å²) in [5, 5.41) is 0. The second kappa shape index (κ2) is 22.0. The van der Waals surface area contributed by atoms with E-state index in [9.17, 15) is 9.13 Å². The van der Waals surface area contributed by atoms with Crippen LogP contribution in [0.1, 0.15) is 88.8 Å². The summed E-state index contributed by atoms with van der Waals surface area (Å²) in [5.74, 6) is 2.51. The van der Waals surface area contributed by atoms with Crippen molar-refractivity contribution >= 4 is 39.5 Å². The molecule has 3 aromatic rings. The van der Waals surface area contributed by atoms with Gasteiger partial charge < -0.3 is 37.0 Å². The Balaban J connectivity index is 1.90. The predicted octanol–water partition coefficient (Wildman–Crippen LogP) is 11.2. The zero-order valence-corrected chi connectivity index (χ0v) is 33.8. The van der Waals surface area contributed by atoms with E-state index in [1.165, 1.54) is 0 Å². The summed E-state index contributed by atoms with van der Waals surface area (Å²) in [6, 6.07) is 15.7. The van der Waals surface area contributed by atoms with Gasteiger partial charge in [0.05, 0.1) is 65.2 Å². The van der Waals surface area contributed by atoms with Gasteiger partial charge in [-0.1, -0.05) is 48.6 Å². The largest absolute Gasteiger partial charge is 0.494 e. The first-order chi connectivity index (χ1) is 25.1. The molecule has 0 amide bonds. The summed E-state index contributed by atoms with van der Waals surface area (Å²) in [7, 11) is -6.72. The molecule has 0 fully saturated rings. The average Bonchev–Trinajstić information content (AvgIpc) is 3.10. The first kappa shape index (κ1) is 43.0. The van der Waals surface area contributed by atoms with Crippen LogP contribution in [0.3, 0.4) is 0 Å². The fraction of sp³-hybridized carbons (Fsp3) is 0.450. The smallest absolute Gasteiger partial charge is 0.335 e. The summed E-state index contributed by atoms with van der Waals surface area (Å²) < 4.78 is 72.8. The highest BCUT2D eigenvalue weighted by Crippen LogP contribution is 2.54. The summed E-state index contributed by atoms with van der Waals surface area (Å²) in [6.45, 7) is 17.8. The van der Waals surface area contributed by atoms with E-state index in [0.29, 0.717) is 60.6 Å². The first-order valence-corrected chi connectivity index (χ1v) is 21.6. The molecule has 0 aromatic heterocycles. The van der Waals surface area contributed by atoms with Crippen LogP contribution in [0.2, 0.25) is 0 Å². The van der Waals surface area contributed by atoms with Crippen LogP contribution in [0.15, 0.2) is 48.5 Å². The topological polar surface area (TPSA) is 108 Å². The van der Waals surface area contributed by atoms with E-state index in [-0.39, 0.29) is 38.8 Å². The van der Waals surface area contributed by atoms with E-state index >= 15 is 0 Å². The van der Waals surface area contributed by atoms with Crippen molar-refractivity contribution in [2.24, 2.45) is 0 Å². The van der Waals surface area contributed by atoms with Gasteiger partial charge in [0.2, 0.25) is 0 Å². The van der Waals surface area contributed by atoms with Crippen LogP contribution < -0.4 is 18.9 Å². The summed E-state index contributed by atoms with van der Waals surface area (Å²) >= 11 is 0. The third-order valence-corrected chi connectivity index (χ3v) is 11.5. The van der Waals surface area contributed by atoms with Gasteiger partial charge in [-0.15, -0.1) is 0 Å². The number of ether oxygens (including phenoxy) is 4. The molecule has 0 aliphatic carbocycles. The Kier molecular flexibility index (Phi) is 18.2. The highest BCUT2D eigenvalue weighted by molar-refractivity contribution is 7.53. The molecule has 10 nitrogen and oxygen atoms in total. The molecule has 0 aliphatic rings. The molecule has 0 atom stereocenters. The molecule has 0 heterocycles. The van der Waals surface area contributed by atoms with Crippen molar-refractivity contribution in [2.45, 2.75) is 67.7 Å². The SMILES string of the molecule is CCOc1cc(CP(=O)(OCC)OCC)c(OCC)cc1/C=C/c1ccc(/C=C/c2cc(OCC)c(CP(=O)(OCC)OCC)cc2OCC)cc1. The molecule has 12 heteroatoms. The van der Waals surface area contributed by atoms with Gasteiger partial charge in [0.25, 0.3) is 0 Å². The lowest BCUT2D eigenvalue weighted by atomic mass is 10.1. The summed E-state index contributed by atoms with van der Waals surface area (Å²) in [5.41, 5.74) is 5.05. The van der Waals surface area contributed by atoms with Gasteiger partial charge in [-0.3, -0.25) is 9.13 Å². The maximum absolute atomic E-state index is 13.4. The van der Waals surface area contributed by atoms with E-state index in [1.807, 2.05) is 101 Å². The fourth-order valence-corrected chi connectivity index (χ4v) is 8.85. The lowest BCUT2D eigenvalue weighted by Gasteiger charge is -2.20. The molecule has 0 spiro atoms. The quantitative estimate of drug-likeness (QED) is 0.0647. The fourth-order valence-electron chi connectivity index (χ4n) is 5.44. The van der Waals surface area contributed by atoms with Crippen molar-refractivity contribution in [1.82, 2.24) is 0 Å². The van der Waals surface area contributed by atoms with Gasteiger partial charge in [-0.25, -0.2) is 0 Å². The standard InChI is InChI=1S/C40H56O10P2/c1-9-43-37-27-35(29-51(41,47-13-5)48-14-6)39(45-11-3)25-33(37)23-21-31-17-19-32(20-18-31)22-24-34-26-40(46-12-4)36(28-38(34)44-10-2)30-52(42,49-15-7)50-16-8/h17-28H,9-16,29-30H2,1-8H3/b23-21+,24-22+. The van der Waals surface area contributed by atoms with Crippen LogP contribution in [0.5, 0.6) is 23.0 Å². The van der Waals surface area contributed by atoms with Crippen molar-refractivity contribution < 1.29 is 46.2 Å². The lowest BCUT2D eigenvalue weighted by molar-refractivity contribution is 0.217. The van der Waals surface area contributed by atoms with Crippen LogP contribution in [-0.4, -0.2) is 52.9 Å². The highest BCUT2D eigenvalue weighted by Gasteiger charge is 2.28. The monoisotopic (exact) mass is 758 g/mol. The highest BCUT2D eigenvalue weighted by atomic mass is 31.2. The van der Waals surface area contributed by atoms with Gasteiger partial charge in [0.15, 0.2) is 0 Å². The number of rotatable bonds is 24. The maximum atomic E-state index is 13.4. The molecular weight excluding hydrogens is 702 g/mol. The molecule has 52 heavy (non-hydrogen) atoms. The van der Waals surface area contributed by atoms with Crippen molar-refractivity contribution in [3.63, 3.8) is 0 Å². The molecule has 3 aromatic carbocycles. The number of hydrogen-bond acceptors (Lipinski definition) is 10. The van der Waals surface area contributed by atoms with Gasteiger partial charge >= 0.3 is 15.2 Å². The van der Waals surface area contributed by atoms with Crippen LogP contribution in [-0.2, 0) is 39.5 Å². The lowest BCUT2D eigenvalue weighted by Crippen LogP contribution is -2.04. The molecule has 0 N–H and O–H groups in total. The van der Waals surface area contributed by atoms with Crippen LogP contribution in [0, 0.1) is 0 Å². The second-order valence-electron chi connectivity index (χ2n) is 11.3. The van der Waals surface area contributed by atoms with E-state index in [4.69, 9.17) is 37.0 Å². The minimum atomic E-state index is -3.36. The molecule has 0 bridgehead atoms. The average molecular weight is 759 g/mol. The second-order valence-corrected chi connectivity index (χ2v) is 15.4. The Morgan fingerprint density at radius 2 is 0.731 bits per heavy atom. The van der Waals surface area contributed by atoms with Crippen molar-refractivity contribution in [3.05, 3.63) is 81.9 Å². The van der Waals surface area contributed by atoms with Crippen LogP contribution in [0.4, 0.5) is 0 Å². The van der Waals surface area contributed by atoms with Gasteiger partial charge in [-0.05, 0) is 90.8 Å². The van der Waals surface area contributed by atoms with E-state index in [0.717, 1.165) is 22.3 Å². The Bertz CT molecular complexity index is 1560. The van der Waals surface area contributed by atoms with Crippen molar-refractivity contribution in [2.75, 3.05) is 52.9 Å². The van der Waals surface area contributed by atoms with Gasteiger partial charge in [0.1, 0.15) is 23.0 Å². The maximum Gasteiger partial charge on any atom is 0.335 e. The molecule has 3 rings (SSSR count). The Morgan fingerprint density at radius 1 is 0.423 bits per heavy atom. The third-order valence-electron chi connectivity index (χ3n) is 7.46. The van der Waals surface area contributed by atoms with E-state index in [1.54, 1.807) is 27.7 Å².